The molecule has 0 radical (unpaired) electrons. The highest BCUT2D eigenvalue weighted by molar-refractivity contribution is 7.90. The molecule has 0 bridgehead atoms. The molecule has 28 heavy (non-hydrogen) atoms. The lowest BCUT2D eigenvalue weighted by Gasteiger charge is -2.12. The van der Waals surface area contributed by atoms with Gasteiger partial charge >= 0.3 is 0 Å². The first-order valence-corrected chi connectivity index (χ1v) is 10.7. The summed E-state index contributed by atoms with van der Waals surface area (Å²) in [4.78, 5) is 0.298. The highest BCUT2D eigenvalue weighted by Crippen LogP contribution is 2.38. The van der Waals surface area contributed by atoms with Crippen molar-refractivity contribution in [2.24, 2.45) is 0 Å². The van der Waals surface area contributed by atoms with Crippen molar-refractivity contribution in [3.05, 3.63) is 90.0 Å². The molecule has 5 rings (SSSR count). The van der Waals surface area contributed by atoms with E-state index in [4.69, 9.17) is 0 Å². The normalized spacial score (nSPS) is 12.2. The Hall–Kier alpha value is -3.11. The molecule has 3 nitrogen and oxygen atoms in total. The van der Waals surface area contributed by atoms with Crippen molar-refractivity contribution in [3.8, 4) is 0 Å². The molecule has 0 N–H and O–H groups in total. The Morgan fingerprint density at radius 3 is 2.14 bits per heavy atom. The average molecular weight is 385 g/mol. The molecule has 1 heterocycles. The molecule has 0 atom stereocenters. The molecule has 0 saturated heterocycles. The summed E-state index contributed by atoms with van der Waals surface area (Å²) in [6.07, 6.45) is 0. The van der Waals surface area contributed by atoms with Gasteiger partial charge in [0.2, 0.25) is 0 Å². The maximum atomic E-state index is 13.8. The molecule has 0 aliphatic carbocycles. The fourth-order valence-electron chi connectivity index (χ4n) is 4.06. The summed E-state index contributed by atoms with van der Waals surface area (Å²) >= 11 is 0. The first-order valence-electron chi connectivity index (χ1n) is 9.22. The number of aromatic nitrogens is 1. The van der Waals surface area contributed by atoms with E-state index in [2.05, 4.69) is 6.07 Å². The third-order valence-electron chi connectivity index (χ3n) is 5.37. The van der Waals surface area contributed by atoms with Gasteiger partial charge in [-0.25, -0.2) is 12.4 Å². The summed E-state index contributed by atoms with van der Waals surface area (Å²) in [6.45, 7) is 4.00. The third kappa shape index (κ3) is 2.31. The second kappa shape index (κ2) is 5.94. The van der Waals surface area contributed by atoms with Gasteiger partial charge in [-0.05, 0) is 43.0 Å². The van der Waals surface area contributed by atoms with Gasteiger partial charge in [-0.1, -0.05) is 66.2 Å². The van der Waals surface area contributed by atoms with Crippen LogP contribution in [0.25, 0.3) is 32.6 Å². The minimum atomic E-state index is -3.76. The second-order valence-corrected chi connectivity index (χ2v) is 9.02. The van der Waals surface area contributed by atoms with Crippen LogP contribution in [0.3, 0.4) is 0 Å². The molecule has 0 amide bonds. The lowest BCUT2D eigenvalue weighted by molar-refractivity contribution is 0.590. The van der Waals surface area contributed by atoms with Gasteiger partial charge in [-0.3, -0.25) is 0 Å². The van der Waals surface area contributed by atoms with Gasteiger partial charge in [0.15, 0.2) is 0 Å². The maximum absolute atomic E-state index is 13.8. The molecule has 0 aliphatic rings. The zero-order valence-electron chi connectivity index (χ0n) is 15.7. The number of aryl methyl sites for hydroxylation is 2. The molecule has 0 spiro atoms. The van der Waals surface area contributed by atoms with Gasteiger partial charge in [0.25, 0.3) is 10.0 Å². The van der Waals surface area contributed by atoms with Crippen LogP contribution in [-0.2, 0) is 10.0 Å². The summed E-state index contributed by atoms with van der Waals surface area (Å²) in [7, 11) is -3.76. The smallest absolute Gasteiger partial charge is 0.233 e. The lowest BCUT2D eigenvalue weighted by atomic mass is 10.0. The molecular weight excluding hydrogens is 366 g/mol. The van der Waals surface area contributed by atoms with E-state index in [9.17, 15) is 8.42 Å². The molecule has 138 valence electrons. The first-order chi connectivity index (χ1) is 13.5. The van der Waals surface area contributed by atoms with Crippen LogP contribution in [0.1, 0.15) is 11.1 Å². The van der Waals surface area contributed by atoms with E-state index in [0.717, 1.165) is 38.2 Å². The van der Waals surface area contributed by atoms with Gasteiger partial charge in [-0.2, -0.15) is 0 Å². The number of fused-ring (bicyclic) bond motifs is 5. The Balaban J connectivity index is 2.04. The van der Waals surface area contributed by atoms with Crippen LogP contribution in [-0.4, -0.2) is 12.4 Å². The number of benzene rings is 4. The van der Waals surface area contributed by atoms with Crippen molar-refractivity contribution in [2.75, 3.05) is 0 Å². The van der Waals surface area contributed by atoms with E-state index in [1.807, 2.05) is 74.5 Å². The fraction of sp³-hybridized carbons (Fsp3) is 0.0833. The topological polar surface area (TPSA) is 39.1 Å². The number of rotatable bonds is 2. The molecule has 0 aliphatic heterocycles. The van der Waals surface area contributed by atoms with E-state index in [1.165, 1.54) is 3.97 Å². The predicted molar refractivity (Wildman–Crippen MR) is 115 cm³/mol. The minimum Gasteiger partial charge on any atom is -0.233 e. The highest BCUT2D eigenvalue weighted by Gasteiger charge is 2.25. The fourth-order valence-corrected chi connectivity index (χ4v) is 5.60. The van der Waals surface area contributed by atoms with Crippen molar-refractivity contribution in [2.45, 2.75) is 18.7 Å². The summed E-state index contributed by atoms with van der Waals surface area (Å²) < 4.78 is 29.0. The molecule has 0 unspecified atom stereocenters. The zero-order valence-corrected chi connectivity index (χ0v) is 16.5. The maximum Gasteiger partial charge on any atom is 0.268 e. The molecule has 0 saturated carbocycles. The molecular formula is C24H19NO2S. The Morgan fingerprint density at radius 2 is 1.39 bits per heavy atom. The van der Waals surface area contributed by atoms with E-state index >= 15 is 0 Å². The molecule has 1 aromatic heterocycles. The quantitative estimate of drug-likeness (QED) is 0.385. The Bertz CT molecular complexity index is 1480. The van der Waals surface area contributed by atoms with E-state index in [1.54, 1.807) is 12.1 Å². The van der Waals surface area contributed by atoms with Crippen LogP contribution in [0.15, 0.2) is 83.8 Å². The van der Waals surface area contributed by atoms with Crippen LogP contribution >= 0.6 is 0 Å². The van der Waals surface area contributed by atoms with Crippen molar-refractivity contribution < 1.29 is 8.42 Å². The summed E-state index contributed by atoms with van der Waals surface area (Å²) in [5.74, 6) is 0. The molecule has 4 heteroatoms. The Labute approximate surface area is 163 Å². The summed E-state index contributed by atoms with van der Waals surface area (Å²) in [5, 5.41) is 3.92. The molecule has 5 aromatic rings. The summed E-state index contributed by atoms with van der Waals surface area (Å²) in [6, 6.07) is 24.9. The molecule has 0 fully saturated rings. The van der Waals surface area contributed by atoms with Crippen LogP contribution in [0.4, 0.5) is 0 Å². The number of para-hydroxylation sites is 1. The van der Waals surface area contributed by atoms with Crippen LogP contribution < -0.4 is 0 Å². The van der Waals surface area contributed by atoms with Crippen molar-refractivity contribution in [3.63, 3.8) is 0 Å². The third-order valence-corrected chi connectivity index (χ3v) is 7.10. The minimum absolute atomic E-state index is 0.298. The number of nitrogens with zero attached hydrogens (tertiary/aromatic N) is 1. The van der Waals surface area contributed by atoms with Gasteiger partial charge < -0.3 is 0 Å². The van der Waals surface area contributed by atoms with Gasteiger partial charge in [0.05, 0.1) is 15.9 Å². The van der Waals surface area contributed by atoms with Gasteiger partial charge in [0, 0.05) is 16.2 Å². The van der Waals surface area contributed by atoms with E-state index < -0.39 is 10.0 Å². The largest absolute Gasteiger partial charge is 0.268 e. The Morgan fingerprint density at radius 1 is 0.750 bits per heavy atom. The van der Waals surface area contributed by atoms with E-state index in [0.29, 0.717) is 10.4 Å². The zero-order chi connectivity index (χ0) is 19.5. The number of hydrogen-bond donors (Lipinski definition) is 0. The van der Waals surface area contributed by atoms with Gasteiger partial charge in [0.1, 0.15) is 0 Å². The SMILES string of the molecule is Cc1ccc(S(=O)(=O)n2c3ccccc3c3c(C)cc4ccccc4c32)cc1. The van der Waals surface area contributed by atoms with Gasteiger partial charge in [-0.15, -0.1) is 0 Å². The lowest BCUT2D eigenvalue weighted by Crippen LogP contribution is -2.13. The second-order valence-electron chi connectivity index (χ2n) is 7.24. The predicted octanol–water partition coefficient (Wildman–Crippen LogP) is 5.80. The standard InChI is InChI=1S/C24H19NO2S/c1-16-11-13-19(14-12-16)28(26,27)25-22-10-6-5-9-21(22)23-17(2)15-18-7-3-4-8-20(18)24(23)25/h3-15H,1-2H3. The number of hydrogen-bond acceptors (Lipinski definition) is 2. The average Bonchev–Trinajstić information content (AvgIpc) is 3.05. The Kier molecular flexibility index (Phi) is 3.61. The first kappa shape index (κ1) is 17.0. The highest BCUT2D eigenvalue weighted by atomic mass is 32.2. The van der Waals surface area contributed by atoms with Crippen LogP contribution in [0.2, 0.25) is 0 Å². The summed E-state index contributed by atoms with van der Waals surface area (Å²) in [5.41, 5.74) is 3.56. The molecule has 4 aromatic carbocycles. The van der Waals surface area contributed by atoms with E-state index in [-0.39, 0.29) is 0 Å². The van der Waals surface area contributed by atoms with Crippen LogP contribution in [0.5, 0.6) is 0 Å². The van der Waals surface area contributed by atoms with Crippen LogP contribution in [0, 0.1) is 13.8 Å². The monoisotopic (exact) mass is 385 g/mol. The van der Waals surface area contributed by atoms with Crippen molar-refractivity contribution >= 4 is 42.6 Å². The van der Waals surface area contributed by atoms with Crippen molar-refractivity contribution in [1.29, 1.82) is 0 Å². The van der Waals surface area contributed by atoms with Crippen molar-refractivity contribution in [1.82, 2.24) is 3.97 Å².